The summed E-state index contributed by atoms with van der Waals surface area (Å²) in [4.78, 5) is 25.7. The molecule has 0 bridgehead atoms. The van der Waals surface area contributed by atoms with Gasteiger partial charge in [0.15, 0.2) is 5.82 Å². The van der Waals surface area contributed by atoms with Crippen LogP contribution in [0.15, 0.2) is 94.3 Å². The second-order valence-electron chi connectivity index (χ2n) is 8.73. The highest BCUT2D eigenvalue weighted by molar-refractivity contribution is 9.10. The molecule has 5 aromatic rings. The molecule has 3 aromatic heterocycles. The molecule has 5 rings (SSSR count). The molecular weight excluding hydrogens is 546 g/mol. The fourth-order valence-corrected chi connectivity index (χ4v) is 5.84. The summed E-state index contributed by atoms with van der Waals surface area (Å²) < 4.78 is 8.93. The molecule has 5 nitrogen and oxygen atoms in total. The zero-order chi connectivity index (χ0) is 25.8. The van der Waals surface area contributed by atoms with E-state index in [-0.39, 0.29) is 5.56 Å². The van der Waals surface area contributed by atoms with E-state index in [1.54, 1.807) is 22.1 Å². The van der Waals surface area contributed by atoms with Crippen LogP contribution in [-0.2, 0) is 19.6 Å². The molecule has 0 saturated carbocycles. The second-order valence-corrected chi connectivity index (χ2v) is 10.8. The Hall–Kier alpha value is -3.55. The normalized spacial score (nSPS) is 11.0. The van der Waals surface area contributed by atoms with Crippen LogP contribution in [0.1, 0.15) is 21.7 Å². The van der Waals surface area contributed by atoms with Crippen LogP contribution < -0.4 is 10.3 Å². The van der Waals surface area contributed by atoms with Gasteiger partial charge >= 0.3 is 0 Å². The monoisotopic (exact) mass is 571 g/mol. The Labute approximate surface area is 228 Å². The molecule has 37 heavy (non-hydrogen) atoms. The Bertz CT molecular complexity index is 1560. The lowest BCUT2D eigenvalue weighted by Crippen LogP contribution is -2.27. The maximum absolute atomic E-state index is 14.1. The third-order valence-electron chi connectivity index (χ3n) is 6.14. The molecule has 0 aliphatic heterocycles. The smallest absolute Gasteiger partial charge is 0.262 e. The van der Waals surface area contributed by atoms with E-state index in [9.17, 15) is 4.79 Å². The van der Waals surface area contributed by atoms with E-state index in [4.69, 9.17) is 9.72 Å². The standard InChI is InChI=1S/C30H26BrN3O2S/c1-20-27(26-18-24(31)21(2)37-26)30(35)34(17-15-22-10-5-3-6-11-22)29(33-20)28-25(14-9-16-32-28)36-19-23-12-7-4-8-13-23/h3-14,16,18H,15,17,19H2,1-2H3. The van der Waals surface area contributed by atoms with Crippen molar-refractivity contribution in [1.82, 2.24) is 14.5 Å². The zero-order valence-corrected chi connectivity index (χ0v) is 23.1. The number of benzene rings is 2. The number of thiophene rings is 1. The lowest BCUT2D eigenvalue weighted by atomic mass is 10.1. The number of hydrogen-bond donors (Lipinski definition) is 0. The summed E-state index contributed by atoms with van der Waals surface area (Å²) in [7, 11) is 0. The van der Waals surface area contributed by atoms with Crippen molar-refractivity contribution in [3.8, 4) is 27.7 Å². The van der Waals surface area contributed by atoms with Gasteiger partial charge in [-0.15, -0.1) is 11.3 Å². The second kappa shape index (κ2) is 11.2. The van der Waals surface area contributed by atoms with E-state index in [0.717, 1.165) is 25.4 Å². The summed E-state index contributed by atoms with van der Waals surface area (Å²) in [5.41, 5.74) is 3.98. The Morgan fingerprint density at radius 3 is 2.32 bits per heavy atom. The summed E-state index contributed by atoms with van der Waals surface area (Å²) in [5, 5.41) is 0. The minimum atomic E-state index is -0.0770. The van der Waals surface area contributed by atoms with Gasteiger partial charge in [0.05, 0.1) is 11.3 Å². The van der Waals surface area contributed by atoms with Crippen molar-refractivity contribution in [3.63, 3.8) is 0 Å². The highest BCUT2D eigenvalue weighted by Crippen LogP contribution is 2.35. The van der Waals surface area contributed by atoms with Crippen LogP contribution in [0.2, 0.25) is 0 Å². The highest BCUT2D eigenvalue weighted by atomic mass is 79.9. The number of pyridine rings is 1. The number of hydrogen-bond acceptors (Lipinski definition) is 5. The number of aromatic nitrogens is 3. The fourth-order valence-electron chi connectivity index (χ4n) is 4.21. The van der Waals surface area contributed by atoms with Crippen LogP contribution in [0.5, 0.6) is 5.75 Å². The predicted octanol–water partition coefficient (Wildman–Crippen LogP) is 7.23. The molecule has 0 aliphatic carbocycles. The lowest BCUT2D eigenvalue weighted by molar-refractivity contribution is 0.306. The van der Waals surface area contributed by atoms with Gasteiger partial charge in [0, 0.05) is 27.0 Å². The Kier molecular flexibility index (Phi) is 7.63. The summed E-state index contributed by atoms with van der Waals surface area (Å²) in [6.07, 6.45) is 2.40. The molecule has 0 radical (unpaired) electrons. The van der Waals surface area contributed by atoms with E-state index in [1.807, 2.05) is 80.6 Å². The van der Waals surface area contributed by atoms with Gasteiger partial charge < -0.3 is 4.74 Å². The highest BCUT2D eigenvalue weighted by Gasteiger charge is 2.22. The van der Waals surface area contributed by atoms with Gasteiger partial charge in [-0.25, -0.2) is 9.97 Å². The summed E-state index contributed by atoms with van der Waals surface area (Å²) >= 11 is 5.18. The average Bonchev–Trinajstić information content (AvgIpc) is 3.25. The lowest BCUT2D eigenvalue weighted by Gasteiger charge is -2.17. The van der Waals surface area contributed by atoms with Crippen LogP contribution in [0.3, 0.4) is 0 Å². The quantitative estimate of drug-likeness (QED) is 0.197. The van der Waals surface area contributed by atoms with E-state index < -0.39 is 0 Å². The first-order chi connectivity index (χ1) is 18.0. The fraction of sp³-hybridized carbons (Fsp3) is 0.167. The molecule has 3 heterocycles. The van der Waals surface area contributed by atoms with Gasteiger partial charge in [0.25, 0.3) is 5.56 Å². The number of rotatable bonds is 8. The molecule has 0 spiro atoms. The molecule has 0 aliphatic rings. The van der Waals surface area contributed by atoms with E-state index in [2.05, 4.69) is 33.0 Å². The molecule has 0 unspecified atom stereocenters. The van der Waals surface area contributed by atoms with E-state index in [1.165, 1.54) is 0 Å². The summed E-state index contributed by atoms with van der Waals surface area (Å²) in [6, 6.07) is 25.9. The molecule has 7 heteroatoms. The Balaban J connectivity index is 1.61. The largest absolute Gasteiger partial charge is 0.486 e. The molecule has 0 fully saturated rings. The summed E-state index contributed by atoms with van der Waals surface area (Å²) in [5.74, 6) is 1.10. The van der Waals surface area contributed by atoms with Gasteiger partial charge in [0.2, 0.25) is 0 Å². The van der Waals surface area contributed by atoms with Crippen molar-refractivity contribution in [2.45, 2.75) is 33.4 Å². The number of aryl methyl sites for hydroxylation is 3. The first kappa shape index (κ1) is 25.1. The SMILES string of the molecule is Cc1nc(-c2ncccc2OCc2ccccc2)n(CCc2ccccc2)c(=O)c1-c1cc(Br)c(C)s1. The van der Waals surface area contributed by atoms with Crippen molar-refractivity contribution in [3.05, 3.63) is 122 Å². The Morgan fingerprint density at radius 2 is 1.65 bits per heavy atom. The predicted molar refractivity (Wildman–Crippen MR) is 153 cm³/mol. The maximum Gasteiger partial charge on any atom is 0.262 e. The third kappa shape index (κ3) is 5.58. The maximum atomic E-state index is 14.1. The van der Waals surface area contributed by atoms with E-state index >= 15 is 0 Å². The minimum absolute atomic E-state index is 0.0770. The minimum Gasteiger partial charge on any atom is -0.486 e. The molecule has 0 N–H and O–H groups in total. The number of nitrogens with zero attached hydrogens (tertiary/aromatic N) is 3. The van der Waals surface area contributed by atoms with Crippen molar-refractivity contribution in [2.75, 3.05) is 0 Å². The van der Waals surface area contributed by atoms with E-state index in [0.29, 0.717) is 48.1 Å². The molecule has 0 amide bonds. The zero-order valence-electron chi connectivity index (χ0n) is 20.6. The van der Waals surface area contributed by atoms with Crippen molar-refractivity contribution >= 4 is 27.3 Å². The van der Waals surface area contributed by atoms with Crippen LogP contribution in [-0.4, -0.2) is 14.5 Å². The van der Waals surface area contributed by atoms with Gasteiger partial charge in [-0.1, -0.05) is 60.7 Å². The van der Waals surface area contributed by atoms with Gasteiger partial charge in [-0.3, -0.25) is 9.36 Å². The van der Waals surface area contributed by atoms with Crippen LogP contribution in [0, 0.1) is 13.8 Å². The van der Waals surface area contributed by atoms with Gasteiger partial charge in [0.1, 0.15) is 18.1 Å². The van der Waals surface area contributed by atoms with Crippen molar-refractivity contribution in [1.29, 1.82) is 0 Å². The van der Waals surface area contributed by atoms with Gasteiger partial charge in [-0.05, 0) is 65.5 Å². The molecule has 186 valence electrons. The van der Waals surface area contributed by atoms with Crippen LogP contribution in [0.4, 0.5) is 0 Å². The molecule has 0 saturated heterocycles. The molecule has 0 atom stereocenters. The Morgan fingerprint density at radius 1 is 0.946 bits per heavy atom. The number of halogens is 1. The first-order valence-corrected chi connectivity index (χ1v) is 13.7. The van der Waals surface area contributed by atoms with Gasteiger partial charge in [-0.2, -0.15) is 0 Å². The van der Waals surface area contributed by atoms with Crippen molar-refractivity contribution in [2.24, 2.45) is 0 Å². The first-order valence-electron chi connectivity index (χ1n) is 12.0. The topological polar surface area (TPSA) is 57.0 Å². The summed E-state index contributed by atoms with van der Waals surface area (Å²) in [6.45, 7) is 4.79. The average molecular weight is 573 g/mol. The third-order valence-corrected chi connectivity index (χ3v) is 8.29. The molecular formula is C30H26BrN3O2S. The van der Waals surface area contributed by atoms with Crippen LogP contribution in [0.25, 0.3) is 22.0 Å². The molecule has 2 aromatic carbocycles. The number of ether oxygens (including phenoxy) is 1. The van der Waals surface area contributed by atoms with Crippen LogP contribution >= 0.6 is 27.3 Å². The van der Waals surface area contributed by atoms with Crippen molar-refractivity contribution < 1.29 is 4.74 Å².